The largest absolute Gasteiger partial charge is 0.383 e. The minimum atomic E-state index is -0.499. The van der Waals surface area contributed by atoms with Gasteiger partial charge in [0.2, 0.25) is 5.78 Å². The first-order valence-electron chi connectivity index (χ1n) is 11.0. The summed E-state index contributed by atoms with van der Waals surface area (Å²) in [7, 11) is 0. The molecule has 1 aromatic carbocycles. The zero-order chi connectivity index (χ0) is 22.9. The Bertz CT molecular complexity index is 1290. The Labute approximate surface area is 190 Å². The van der Waals surface area contributed by atoms with E-state index in [-0.39, 0.29) is 29.8 Å². The van der Waals surface area contributed by atoms with E-state index in [1.807, 2.05) is 13.1 Å². The maximum absolute atomic E-state index is 14.7. The number of benzene rings is 1. The first kappa shape index (κ1) is 21.2. The van der Waals surface area contributed by atoms with Crippen LogP contribution in [0.3, 0.4) is 0 Å². The second kappa shape index (κ2) is 8.70. The van der Waals surface area contributed by atoms with Crippen molar-refractivity contribution >= 4 is 23.4 Å². The summed E-state index contributed by atoms with van der Waals surface area (Å²) in [4.78, 5) is 30.5. The van der Waals surface area contributed by atoms with Crippen LogP contribution in [0.2, 0.25) is 0 Å². The zero-order valence-corrected chi connectivity index (χ0v) is 18.3. The number of imidazole rings is 1. The van der Waals surface area contributed by atoms with E-state index in [9.17, 15) is 9.18 Å². The van der Waals surface area contributed by atoms with Gasteiger partial charge in [0.15, 0.2) is 0 Å². The van der Waals surface area contributed by atoms with E-state index in [1.54, 1.807) is 22.7 Å². The van der Waals surface area contributed by atoms with Crippen LogP contribution in [0.4, 0.5) is 4.39 Å². The van der Waals surface area contributed by atoms with Crippen LogP contribution in [0.25, 0.3) is 5.78 Å². The van der Waals surface area contributed by atoms with Gasteiger partial charge in [-0.3, -0.25) is 14.2 Å². The highest BCUT2D eigenvalue weighted by atomic mass is 19.1. The van der Waals surface area contributed by atoms with Crippen molar-refractivity contribution in [2.45, 2.75) is 32.2 Å². The summed E-state index contributed by atoms with van der Waals surface area (Å²) in [5.41, 5.74) is 9.02. The molecule has 0 bridgehead atoms. The highest BCUT2D eigenvalue weighted by molar-refractivity contribution is 6.06. The molecule has 1 aliphatic carbocycles. The fourth-order valence-electron chi connectivity index (χ4n) is 3.85. The van der Waals surface area contributed by atoms with Crippen molar-refractivity contribution in [3.05, 3.63) is 64.5 Å². The van der Waals surface area contributed by atoms with Crippen molar-refractivity contribution < 1.29 is 9.18 Å². The average molecular weight is 449 g/mol. The third-order valence-electron chi connectivity index (χ3n) is 5.69. The molecule has 0 atom stereocenters. The van der Waals surface area contributed by atoms with Crippen molar-refractivity contribution in [2.24, 2.45) is 15.7 Å². The van der Waals surface area contributed by atoms with Crippen molar-refractivity contribution in [1.82, 2.24) is 25.0 Å². The highest BCUT2D eigenvalue weighted by Gasteiger charge is 2.33. The molecule has 33 heavy (non-hydrogen) atoms. The molecule has 1 fully saturated rings. The lowest BCUT2D eigenvalue weighted by Gasteiger charge is -2.11. The number of hydrogen-bond acceptors (Lipinski definition) is 6. The van der Waals surface area contributed by atoms with Gasteiger partial charge in [-0.1, -0.05) is 6.07 Å². The van der Waals surface area contributed by atoms with Crippen molar-refractivity contribution in [1.29, 1.82) is 0 Å². The minimum absolute atomic E-state index is 0.0770. The maximum Gasteiger partial charge on any atom is 0.270 e. The topological polar surface area (TPSA) is 122 Å². The lowest BCUT2D eigenvalue weighted by Crippen LogP contribution is -2.31. The summed E-state index contributed by atoms with van der Waals surface area (Å²) < 4.78 is 16.5. The second-order valence-electron chi connectivity index (χ2n) is 8.39. The summed E-state index contributed by atoms with van der Waals surface area (Å²) in [5, 5.41) is 6.04. The first-order valence-corrected chi connectivity index (χ1v) is 11.0. The number of halogens is 1. The van der Waals surface area contributed by atoms with Gasteiger partial charge >= 0.3 is 0 Å². The minimum Gasteiger partial charge on any atom is -0.383 e. The van der Waals surface area contributed by atoms with Crippen molar-refractivity contribution in [3.8, 4) is 0 Å². The molecular formula is C23H25FN8O. The molecule has 170 valence electrons. The van der Waals surface area contributed by atoms with Gasteiger partial charge in [-0.25, -0.2) is 19.4 Å². The monoisotopic (exact) mass is 448 g/mol. The molecular weight excluding hydrogens is 423 g/mol. The number of nitrogens with one attached hydrogen (secondary N) is 2. The van der Waals surface area contributed by atoms with Crippen LogP contribution in [0.5, 0.6) is 0 Å². The van der Waals surface area contributed by atoms with Crippen LogP contribution in [-0.4, -0.2) is 51.6 Å². The number of aliphatic imine (C=N–C) groups is 2. The SMILES string of the molecule is Cc1cnc2nc(C3CC3)c(C(=O)NCc3ccc(C(N)=NC4=NCCNC4)c(F)c3)n2c1. The molecule has 10 heteroatoms. The molecule has 0 unspecified atom stereocenters. The molecule has 0 saturated heterocycles. The smallest absolute Gasteiger partial charge is 0.270 e. The summed E-state index contributed by atoms with van der Waals surface area (Å²) in [6.45, 7) is 4.01. The number of aromatic nitrogens is 3. The molecule has 4 N–H and O–H groups in total. The number of carbonyl (C=O) groups is 1. The quantitative estimate of drug-likeness (QED) is 0.405. The average Bonchev–Trinajstić information content (AvgIpc) is 3.58. The predicted molar refractivity (Wildman–Crippen MR) is 123 cm³/mol. The van der Waals surface area contributed by atoms with Gasteiger partial charge in [-0.05, 0) is 43.0 Å². The number of rotatable bonds is 5. The molecule has 9 nitrogen and oxygen atoms in total. The van der Waals surface area contributed by atoms with Crippen molar-refractivity contribution in [2.75, 3.05) is 19.6 Å². The third-order valence-corrected chi connectivity index (χ3v) is 5.69. The Balaban J connectivity index is 1.33. The van der Waals surface area contributed by atoms with Gasteiger partial charge in [0.1, 0.15) is 23.2 Å². The summed E-state index contributed by atoms with van der Waals surface area (Å²) in [6, 6.07) is 4.66. The molecule has 5 rings (SSSR count). The number of fused-ring (bicyclic) bond motifs is 1. The summed E-state index contributed by atoms with van der Waals surface area (Å²) >= 11 is 0. The van der Waals surface area contributed by atoms with Gasteiger partial charge in [0.05, 0.1) is 24.3 Å². The molecule has 3 heterocycles. The van der Waals surface area contributed by atoms with E-state index in [1.165, 1.54) is 6.07 Å². The van der Waals surface area contributed by atoms with Gasteiger partial charge in [0, 0.05) is 31.4 Å². The predicted octanol–water partition coefficient (Wildman–Crippen LogP) is 1.69. The third kappa shape index (κ3) is 4.47. The van der Waals surface area contributed by atoms with Gasteiger partial charge in [0.25, 0.3) is 5.91 Å². The number of nitrogens with two attached hydrogens (primary N) is 1. The standard InChI is InChI=1S/C23H25FN8O/c1-13-9-29-23-31-19(15-3-4-15)20(32(23)12-13)22(33)28-10-14-2-5-16(17(24)8-14)21(25)30-18-11-26-6-7-27-18/h2,5,8-9,12,15,26H,3-4,6-7,10-11H2,1H3,(H,28,33)(H2,25,27,30). The first-order chi connectivity index (χ1) is 16.0. The van der Waals surface area contributed by atoms with Crippen LogP contribution in [0.15, 0.2) is 40.6 Å². The van der Waals surface area contributed by atoms with E-state index in [2.05, 4.69) is 30.6 Å². The Kier molecular flexibility index (Phi) is 5.59. The van der Waals surface area contributed by atoms with E-state index in [0.717, 1.165) is 30.6 Å². The lowest BCUT2D eigenvalue weighted by atomic mass is 10.1. The lowest BCUT2D eigenvalue weighted by molar-refractivity contribution is 0.0944. The van der Waals surface area contributed by atoms with Crippen LogP contribution >= 0.6 is 0 Å². The van der Waals surface area contributed by atoms with E-state index in [4.69, 9.17) is 5.73 Å². The maximum atomic E-state index is 14.7. The number of aryl methyl sites for hydroxylation is 1. The molecule has 3 aromatic rings. The van der Waals surface area contributed by atoms with Crippen LogP contribution in [-0.2, 0) is 6.54 Å². The van der Waals surface area contributed by atoms with Gasteiger partial charge < -0.3 is 16.4 Å². The normalized spacial score (nSPS) is 16.7. The van der Waals surface area contributed by atoms with Crippen LogP contribution in [0, 0.1) is 12.7 Å². The summed E-state index contributed by atoms with van der Waals surface area (Å²) in [6.07, 6.45) is 5.62. The van der Waals surface area contributed by atoms with Crippen LogP contribution in [0.1, 0.15) is 51.6 Å². The number of carbonyl (C=O) groups excluding carboxylic acids is 1. The van der Waals surface area contributed by atoms with E-state index < -0.39 is 5.82 Å². The number of hydrogen-bond donors (Lipinski definition) is 3. The molecule has 2 aliphatic rings. The Morgan fingerprint density at radius 3 is 2.97 bits per heavy atom. The molecule has 2 aromatic heterocycles. The second-order valence-corrected chi connectivity index (χ2v) is 8.39. The molecule has 1 amide bonds. The number of amidine groups is 2. The zero-order valence-electron chi connectivity index (χ0n) is 18.3. The molecule has 0 radical (unpaired) electrons. The molecule has 1 aliphatic heterocycles. The Morgan fingerprint density at radius 2 is 2.24 bits per heavy atom. The Morgan fingerprint density at radius 1 is 1.39 bits per heavy atom. The Hall–Kier alpha value is -3.66. The van der Waals surface area contributed by atoms with Crippen LogP contribution < -0.4 is 16.4 Å². The van der Waals surface area contributed by atoms with E-state index in [0.29, 0.717) is 36.0 Å². The molecule has 0 spiro atoms. The van der Waals surface area contributed by atoms with Crippen molar-refractivity contribution in [3.63, 3.8) is 0 Å². The fourth-order valence-corrected chi connectivity index (χ4v) is 3.85. The fraction of sp³-hybridized carbons (Fsp3) is 0.348. The number of nitrogens with zero attached hydrogens (tertiary/aromatic N) is 5. The molecule has 1 saturated carbocycles. The highest BCUT2D eigenvalue weighted by Crippen LogP contribution is 2.41. The summed E-state index contributed by atoms with van der Waals surface area (Å²) in [5.74, 6) is 0.670. The van der Waals surface area contributed by atoms with E-state index >= 15 is 0 Å². The number of amides is 1. The van der Waals surface area contributed by atoms with Gasteiger partial charge in [-0.15, -0.1) is 0 Å². The van der Waals surface area contributed by atoms with Gasteiger partial charge in [-0.2, -0.15) is 0 Å².